The van der Waals surface area contributed by atoms with Gasteiger partial charge in [-0.3, -0.25) is 0 Å². The van der Waals surface area contributed by atoms with Crippen molar-refractivity contribution in [3.05, 3.63) is 24.3 Å². The van der Waals surface area contributed by atoms with Crippen molar-refractivity contribution in [2.45, 2.75) is 0 Å². The molecule has 0 saturated heterocycles. The van der Waals surface area contributed by atoms with Gasteiger partial charge in [-0.15, -0.1) is 0 Å². The summed E-state index contributed by atoms with van der Waals surface area (Å²) in [5.74, 6) is 1.40. The van der Waals surface area contributed by atoms with Gasteiger partial charge in [0.25, 0.3) is 0 Å². The van der Waals surface area contributed by atoms with Gasteiger partial charge in [0.2, 0.25) is 0 Å². The molecule has 1 aromatic rings. The first-order chi connectivity index (χ1) is 4.86. The van der Waals surface area contributed by atoms with E-state index in [1.807, 2.05) is 0 Å². The van der Waals surface area contributed by atoms with E-state index < -0.39 is 0 Å². The van der Waals surface area contributed by atoms with Crippen molar-refractivity contribution in [1.82, 2.24) is 0 Å². The molecule has 0 aliphatic heterocycles. The van der Waals surface area contributed by atoms with Crippen LogP contribution in [0.15, 0.2) is 24.3 Å². The van der Waals surface area contributed by atoms with E-state index in [1.54, 1.807) is 31.4 Å². The molecule has 10 heavy (non-hydrogen) atoms. The highest BCUT2D eigenvalue weighted by Gasteiger charge is 1.91. The zero-order valence-corrected chi connectivity index (χ0v) is 6.26. The summed E-state index contributed by atoms with van der Waals surface area (Å²) in [7, 11) is 1.61. The maximum Gasteiger partial charge on any atom is 0.146 e. The van der Waals surface area contributed by atoms with Gasteiger partial charge in [-0.2, -0.15) is 0 Å². The van der Waals surface area contributed by atoms with Crippen LogP contribution in [0.25, 0.3) is 0 Å². The van der Waals surface area contributed by atoms with Crippen LogP contribution in [0.5, 0.6) is 11.5 Å². The Morgan fingerprint density at radius 2 is 1.60 bits per heavy atom. The second kappa shape index (κ2) is 3.32. The minimum atomic E-state index is 0.613. The number of benzene rings is 1. The predicted octanol–water partition coefficient (Wildman–Crippen LogP) is 2.23. The summed E-state index contributed by atoms with van der Waals surface area (Å²) in [5.41, 5.74) is 0. The average Bonchev–Trinajstić information content (AvgIpc) is 2.05. The van der Waals surface area contributed by atoms with Gasteiger partial charge in [-0.1, -0.05) is 0 Å². The molecule has 2 nitrogen and oxygen atoms in total. The monoisotopic (exact) mass is 158 g/mol. The molecular weight excluding hydrogens is 152 g/mol. The van der Waals surface area contributed by atoms with E-state index in [1.165, 1.54) is 0 Å². The summed E-state index contributed by atoms with van der Waals surface area (Å²) in [6.07, 6.45) is 0. The van der Waals surface area contributed by atoms with Crippen molar-refractivity contribution in [3.63, 3.8) is 0 Å². The number of hydrogen-bond donors (Lipinski definition) is 0. The van der Waals surface area contributed by atoms with E-state index in [-0.39, 0.29) is 0 Å². The molecule has 0 N–H and O–H groups in total. The molecular formula is C7H7ClO2. The summed E-state index contributed by atoms with van der Waals surface area (Å²) >= 11 is 5.08. The summed E-state index contributed by atoms with van der Waals surface area (Å²) in [5, 5.41) is 0. The highest BCUT2D eigenvalue weighted by Crippen LogP contribution is 2.17. The fourth-order valence-corrected chi connectivity index (χ4v) is 0.730. The molecule has 0 radical (unpaired) electrons. The molecule has 0 saturated carbocycles. The van der Waals surface area contributed by atoms with Crippen LogP contribution in [0, 0.1) is 0 Å². The van der Waals surface area contributed by atoms with Gasteiger partial charge in [0, 0.05) is 0 Å². The molecule has 1 rings (SSSR count). The topological polar surface area (TPSA) is 18.5 Å². The molecule has 0 atom stereocenters. The highest BCUT2D eigenvalue weighted by atomic mass is 35.5. The number of ether oxygens (including phenoxy) is 1. The van der Waals surface area contributed by atoms with Gasteiger partial charge in [0.15, 0.2) is 0 Å². The summed E-state index contributed by atoms with van der Waals surface area (Å²) < 4.78 is 9.35. The zero-order valence-electron chi connectivity index (χ0n) is 5.50. The van der Waals surface area contributed by atoms with Crippen LogP contribution < -0.4 is 9.03 Å². The minimum absolute atomic E-state index is 0.613. The Hall–Kier alpha value is -0.890. The van der Waals surface area contributed by atoms with Crippen molar-refractivity contribution in [2.75, 3.05) is 7.11 Å². The first kappa shape index (κ1) is 7.22. The lowest BCUT2D eigenvalue weighted by Crippen LogP contribution is -1.81. The maximum atomic E-state index is 5.08. The fourth-order valence-electron chi connectivity index (χ4n) is 0.627. The van der Waals surface area contributed by atoms with E-state index in [0.717, 1.165) is 5.75 Å². The SMILES string of the molecule is COc1ccc(OCl)cc1. The Labute approximate surface area is 64.5 Å². The molecule has 0 aliphatic rings. The predicted molar refractivity (Wildman–Crippen MR) is 39.5 cm³/mol. The van der Waals surface area contributed by atoms with Gasteiger partial charge in [0.1, 0.15) is 23.4 Å². The standard InChI is InChI=1S/C7H7ClO2/c1-9-6-2-4-7(10-8)5-3-6/h2-5H,1H3. The van der Waals surface area contributed by atoms with Crippen molar-refractivity contribution in [2.24, 2.45) is 0 Å². The number of halogens is 1. The molecule has 0 unspecified atom stereocenters. The van der Waals surface area contributed by atoms with Crippen LogP contribution in [-0.2, 0) is 0 Å². The zero-order chi connectivity index (χ0) is 7.40. The molecule has 3 heteroatoms. The second-order valence-electron chi connectivity index (χ2n) is 1.75. The normalized spacial score (nSPS) is 9.00. The Morgan fingerprint density at radius 1 is 1.10 bits per heavy atom. The minimum Gasteiger partial charge on any atom is -0.497 e. The fraction of sp³-hybridized carbons (Fsp3) is 0.143. The number of hydrogen-bond acceptors (Lipinski definition) is 2. The molecule has 0 aliphatic carbocycles. The lowest BCUT2D eigenvalue weighted by molar-refractivity contribution is 0.414. The van der Waals surface area contributed by atoms with E-state index in [0.29, 0.717) is 5.75 Å². The van der Waals surface area contributed by atoms with Crippen LogP contribution in [0.2, 0.25) is 0 Å². The summed E-state index contributed by atoms with van der Waals surface area (Å²) in [6, 6.07) is 7.01. The third-order valence-electron chi connectivity index (χ3n) is 1.15. The molecule has 0 spiro atoms. The number of methoxy groups -OCH3 is 1. The smallest absolute Gasteiger partial charge is 0.146 e. The Kier molecular flexibility index (Phi) is 2.40. The average molecular weight is 159 g/mol. The van der Waals surface area contributed by atoms with Crippen molar-refractivity contribution in [1.29, 1.82) is 0 Å². The van der Waals surface area contributed by atoms with Gasteiger partial charge in [-0.05, 0) is 24.3 Å². The van der Waals surface area contributed by atoms with E-state index >= 15 is 0 Å². The van der Waals surface area contributed by atoms with Gasteiger partial charge < -0.3 is 9.03 Å². The van der Waals surface area contributed by atoms with E-state index in [2.05, 4.69) is 4.29 Å². The Balaban J connectivity index is 2.80. The molecule has 1 aromatic carbocycles. The van der Waals surface area contributed by atoms with E-state index in [9.17, 15) is 0 Å². The van der Waals surface area contributed by atoms with Crippen molar-refractivity contribution in [3.8, 4) is 11.5 Å². The quantitative estimate of drug-likeness (QED) is 0.657. The largest absolute Gasteiger partial charge is 0.497 e. The molecule has 0 fully saturated rings. The second-order valence-corrected chi connectivity index (χ2v) is 1.91. The molecule has 54 valence electrons. The summed E-state index contributed by atoms with van der Waals surface area (Å²) in [4.78, 5) is 0. The van der Waals surface area contributed by atoms with Crippen LogP contribution in [0.1, 0.15) is 0 Å². The van der Waals surface area contributed by atoms with Gasteiger partial charge in [-0.25, -0.2) is 0 Å². The van der Waals surface area contributed by atoms with E-state index in [4.69, 9.17) is 16.6 Å². The maximum absolute atomic E-state index is 5.08. The van der Waals surface area contributed by atoms with Gasteiger partial charge >= 0.3 is 0 Å². The van der Waals surface area contributed by atoms with Crippen LogP contribution >= 0.6 is 11.9 Å². The highest BCUT2D eigenvalue weighted by molar-refractivity contribution is 6.09. The lowest BCUT2D eigenvalue weighted by Gasteiger charge is -1.98. The van der Waals surface area contributed by atoms with Crippen LogP contribution in [0.4, 0.5) is 0 Å². The molecule has 0 bridgehead atoms. The first-order valence-corrected chi connectivity index (χ1v) is 3.10. The lowest BCUT2D eigenvalue weighted by atomic mass is 10.3. The molecule has 0 aromatic heterocycles. The van der Waals surface area contributed by atoms with Gasteiger partial charge in [0.05, 0.1) is 7.11 Å². The Bertz CT molecular complexity index is 172. The molecule has 0 heterocycles. The van der Waals surface area contributed by atoms with Crippen LogP contribution in [0.3, 0.4) is 0 Å². The van der Waals surface area contributed by atoms with Crippen molar-refractivity contribution < 1.29 is 9.03 Å². The third-order valence-corrected chi connectivity index (χ3v) is 1.33. The Morgan fingerprint density at radius 3 is 2.00 bits per heavy atom. The first-order valence-electron chi connectivity index (χ1n) is 2.79. The third kappa shape index (κ3) is 1.54. The molecule has 0 amide bonds. The van der Waals surface area contributed by atoms with Crippen LogP contribution in [-0.4, -0.2) is 7.11 Å². The number of rotatable bonds is 2. The van der Waals surface area contributed by atoms with Crippen molar-refractivity contribution >= 4 is 11.9 Å². The summed E-state index contributed by atoms with van der Waals surface area (Å²) in [6.45, 7) is 0.